The first-order valence-electron chi connectivity index (χ1n) is 7.27. The summed E-state index contributed by atoms with van der Waals surface area (Å²) in [5.41, 5.74) is 0. The molecule has 0 aliphatic heterocycles. The molecule has 2 unspecified atom stereocenters. The van der Waals surface area contributed by atoms with Crippen molar-refractivity contribution in [3.8, 4) is 0 Å². The highest BCUT2D eigenvalue weighted by molar-refractivity contribution is 7.91. The van der Waals surface area contributed by atoms with Crippen LogP contribution in [0.5, 0.6) is 0 Å². The molecule has 0 spiro atoms. The van der Waals surface area contributed by atoms with E-state index < -0.39 is 9.84 Å². The van der Waals surface area contributed by atoms with Gasteiger partial charge in [0.05, 0.1) is 5.75 Å². The zero-order chi connectivity index (χ0) is 14.2. The van der Waals surface area contributed by atoms with Gasteiger partial charge in [0.25, 0.3) is 0 Å². The Morgan fingerprint density at radius 2 is 1.72 bits per heavy atom. The smallest absolute Gasteiger partial charge is 0.150 e. The number of rotatable bonds is 10. The van der Waals surface area contributed by atoms with Crippen molar-refractivity contribution in [3.63, 3.8) is 0 Å². The van der Waals surface area contributed by atoms with Gasteiger partial charge in [-0.2, -0.15) is 0 Å². The maximum absolute atomic E-state index is 11.5. The minimum Gasteiger partial charge on any atom is -0.314 e. The van der Waals surface area contributed by atoms with E-state index >= 15 is 0 Å². The van der Waals surface area contributed by atoms with Gasteiger partial charge in [0.15, 0.2) is 0 Å². The molecule has 0 fully saturated rings. The summed E-state index contributed by atoms with van der Waals surface area (Å²) in [6.45, 7) is 11.6. The molecule has 0 radical (unpaired) electrons. The molecule has 0 saturated heterocycles. The van der Waals surface area contributed by atoms with Gasteiger partial charge in [-0.05, 0) is 44.6 Å². The van der Waals surface area contributed by atoms with Crippen LogP contribution in [0.3, 0.4) is 0 Å². The zero-order valence-corrected chi connectivity index (χ0v) is 13.5. The van der Waals surface area contributed by atoms with Gasteiger partial charge in [0.1, 0.15) is 9.84 Å². The lowest BCUT2D eigenvalue weighted by molar-refractivity contribution is 0.272. The number of hydrogen-bond donors (Lipinski definition) is 1. The lowest BCUT2D eigenvalue weighted by atomic mass is 9.85. The monoisotopic (exact) mass is 277 g/mol. The second kappa shape index (κ2) is 8.92. The Morgan fingerprint density at radius 3 is 2.17 bits per heavy atom. The number of hydrogen-bond acceptors (Lipinski definition) is 3. The van der Waals surface area contributed by atoms with Gasteiger partial charge in [-0.1, -0.05) is 27.7 Å². The van der Waals surface area contributed by atoms with Crippen LogP contribution in [0.25, 0.3) is 0 Å². The summed E-state index contributed by atoms with van der Waals surface area (Å²) in [5.74, 6) is 1.76. The Labute approximate surface area is 114 Å². The van der Waals surface area contributed by atoms with Crippen molar-refractivity contribution < 1.29 is 8.42 Å². The molecule has 0 aliphatic rings. The summed E-state index contributed by atoms with van der Waals surface area (Å²) >= 11 is 0. The SMILES string of the molecule is CCCNC(C)C(CCCS(=O)(=O)CC)C(C)C. The highest BCUT2D eigenvalue weighted by Gasteiger charge is 2.20. The van der Waals surface area contributed by atoms with Crippen molar-refractivity contribution in [1.29, 1.82) is 0 Å². The van der Waals surface area contributed by atoms with Crippen molar-refractivity contribution >= 4 is 9.84 Å². The molecule has 0 amide bonds. The summed E-state index contributed by atoms with van der Waals surface area (Å²) in [5, 5.41) is 3.53. The van der Waals surface area contributed by atoms with Crippen LogP contribution in [0, 0.1) is 11.8 Å². The van der Waals surface area contributed by atoms with Crippen molar-refractivity contribution in [2.24, 2.45) is 11.8 Å². The van der Waals surface area contributed by atoms with E-state index in [2.05, 4.69) is 33.0 Å². The average Bonchev–Trinajstić information content (AvgIpc) is 2.31. The van der Waals surface area contributed by atoms with Crippen LogP contribution in [0.1, 0.15) is 53.9 Å². The first-order chi connectivity index (χ1) is 8.34. The molecule has 0 rings (SSSR count). The van der Waals surface area contributed by atoms with Gasteiger partial charge in [-0.3, -0.25) is 0 Å². The van der Waals surface area contributed by atoms with E-state index in [9.17, 15) is 8.42 Å². The highest BCUT2D eigenvalue weighted by Crippen LogP contribution is 2.21. The molecule has 4 heteroatoms. The van der Waals surface area contributed by atoms with Crippen LogP contribution in [-0.2, 0) is 9.84 Å². The molecule has 18 heavy (non-hydrogen) atoms. The Morgan fingerprint density at radius 1 is 1.11 bits per heavy atom. The summed E-state index contributed by atoms with van der Waals surface area (Å²) in [6, 6.07) is 0.467. The van der Waals surface area contributed by atoms with E-state index in [1.165, 1.54) is 0 Å². The third-order valence-corrected chi connectivity index (χ3v) is 5.44. The first kappa shape index (κ1) is 17.9. The third kappa shape index (κ3) is 7.37. The number of nitrogens with one attached hydrogen (secondary N) is 1. The van der Waals surface area contributed by atoms with E-state index in [4.69, 9.17) is 0 Å². The fourth-order valence-electron chi connectivity index (χ4n) is 2.37. The topological polar surface area (TPSA) is 46.2 Å². The highest BCUT2D eigenvalue weighted by atomic mass is 32.2. The van der Waals surface area contributed by atoms with Gasteiger partial charge < -0.3 is 5.32 Å². The molecule has 0 aliphatic carbocycles. The fourth-order valence-corrected chi connectivity index (χ4v) is 3.26. The molecule has 0 heterocycles. The molecule has 0 aromatic heterocycles. The summed E-state index contributed by atoms with van der Waals surface area (Å²) in [4.78, 5) is 0. The lowest BCUT2D eigenvalue weighted by Crippen LogP contribution is -2.36. The normalized spacial score (nSPS) is 15.9. The van der Waals surface area contributed by atoms with Gasteiger partial charge in [-0.15, -0.1) is 0 Å². The Hall–Kier alpha value is -0.0900. The second-order valence-corrected chi connectivity index (χ2v) is 8.00. The van der Waals surface area contributed by atoms with Crippen molar-refractivity contribution in [2.75, 3.05) is 18.1 Å². The summed E-state index contributed by atoms with van der Waals surface area (Å²) in [6.07, 6.45) is 2.92. The molecular formula is C14H31NO2S. The number of sulfone groups is 1. The van der Waals surface area contributed by atoms with Crippen molar-refractivity contribution in [3.05, 3.63) is 0 Å². The largest absolute Gasteiger partial charge is 0.314 e. The van der Waals surface area contributed by atoms with Crippen LogP contribution in [-0.4, -0.2) is 32.5 Å². The van der Waals surface area contributed by atoms with Crippen LogP contribution >= 0.6 is 0 Å². The van der Waals surface area contributed by atoms with Crippen LogP contribution in [0.15, 0.2) is 0 Å². The third-order valence-electron chi connectivity index (χ3n) is 3.65. The summed E-state index contributed by atoms with van der Waals surface area (Å²) < 4.78 is 23.0. The molecule has 2 atom stereocenters. The van der Waals surface area contributed by atoms with Crippen molar-refractivity contribution in [1.82, 2.24) is 5.32 Å². The zero-order valence-electron chi connectivity index (χ0n) is 12.7. The first-order valence-corrected chi connectivity index (χ1v) is 9.10. The van der Waals surface area contributed by atoms with E-state index in [1.54, 1.807) is 6.92 Å². The van der Waals surface area contributed by atoms with Gasteiger partial charge in [0, 0.05) is 11.8 Å². The minimum absolute atomic E-state index is 0.267. The van der Waals surface area contributed by atoms with Crippen LogP contribution in [0.4, 0.5) is 0 Å². The van der Waals surface area contributed by atoms with E-state index in [-0.39, 0.29) is 5.75 Å². The van der Waals surface area contributed by atoms with E-state index in [1.807, 2.05) is 0 Å². The van der Waals surface area contributed by atoms with Gasteiger partial charge in [-0.25, -0.2) is 8.42 Å². The fraction of sp³-hybridized carbons (Fsp3) is 1.00. The van der Waals surface area contributed by atoms with E-state index in [0.29, 0.717) is 23.6 Å². The van der Waals surface area contributed by atoms with Gasteiger partial charge in [0.2, 0.25) is 0 Å². The second-order valence-electron chi connectivity index (χ2n) is 5.53. The Balaban J connectivity index is 4.20. The molecular weight excluding hydrogens is 246 g/mol. The average molecular weight is 277 g/mol. The van der Waals surface area contributed by atoms with E-state index in [0.717, 1.165) is 25.8 Å². The predicted molar refractivity (Wildman–Crippen MR) is 79.6 cm³/mol. The maximum Gasteiger partial charge on any atom is 0.150 e. The summed E-state index contributed by atoms with van der Waals surface area (Å²) in [7, 11) is -2.80. The molecule has 0 aromatic carbocycles. The molecule has 0 saturated carbocycles. The Bertz CT molecular complexity index is 299. The molecule has 0 bridgehead atoms. The minimum atomic E-state index is -2.80. The van der Waals surface area contributed by atoms with Gasteiger partial charge >= 0.3 is 0 Å². The quantitative estimate of drug-likeness (QED) is 0.668. The van der Waals surface area contributed by atoms with Crippen LogP contribution in [0.2, 0.25) is 0 Å². The van der Waals surface area contributed by atoms with Crippen LogP contribution < -0.4 is 5.32 Å². The maximum atomic E-state index is 11.5. The molecule has 1 N–H and O–H groups in total. The van der Waals surface area contributed by atoms with Crippen molar-refractivity contribution in [2.45, 2.75) is 59.9 Å². The predicted octanol–water partition coefficient (Wildman–Crippen LogP) is 2.86. The molecule has 3 nitrogen and oxygen atoms in total. The molecule has 110 valence electrons. The Kier molecular flexibility index (Phi) is 8.87. The molecule has 0 aromatic rings. The standard InChI is InChI=1S/C14H31NO2S/c1-6-10-15-13(5)14(12(3)4)9-8-11-18(16,17)7-2/h12-15H,6-11H2,1-5H3. The lowest BCUT2D eigenvalue weighted by Gasteiger charge is -2.28.